The SMILES string of the molecule is CCCCCCCCCCCCCCCCCCCCCCCCCCCCCc1ccc(O)c([N+](=O)[O-])c1. The zero-order chi connectivity index (χ0) is 28.2. The molecule has 0 aliphatic rings. The summed E-state index contributed by atoms with van der Waals surface area (Å²) in [6, 6.07) is 4.74. The van der Waals surface area contributed by atoms with Crippen LogP contribution in [0, 0.1) is 10.1 Å². The number of nitrogens with zero attached hydrogens (tertiary/aromatic N) is 1. The van der Waals surface area contributed by atoms with Crippen LogP contribution in [0.5, 0.6) is 5.75 Å². The van der Waals surface area contributed by atoms with E-state index in [-0.39, 0.29) is 11.4 Å². The van der Waals surface area contributed by atoms with Crippen molar-refractivity contribution in [3.8, 4) is 5.75 Å². The number of nitro benzene ring substituents is 1. The van der Waals surface area contributed by atoms with Crippen LogP contribution >= 0.6 is 0 Å². The van der Waals surface area contributed by atoms with Gasteiger partial charge in [0.2, 0.25) is 0 Å². The van der Waals surface area contributed by atoms with Gasteiger partial charge in [-0.3, -0.25) is 10.1 Å². The average molecular weight is 546 g/mol. The van der Waals surface area contributed by atoms with Gasteiger partial charge < -0.3 is 5.11 Å². The second-order valence-corrected chi connectivity index (χ2v) is 12.0. The van der Waals surface area contributed by atoms with E-state index >= 15 is 0 Å². The van der Waals surface area contributed by atoms with Crippen LogP contribution < -0.4 is 0 Å². The fraction of sp³-hybridized carbons (Fsp3) is 0.829. The van der Waals surface area contributed by atoms with Gasteiger partial charge in [-0.2, -0.15) is 0 Å². The van der Waals surface area contributed by atoms with E-state index in [4.69, 9.17) is 0 Å². The molecule has 4 nitrogen and oxygen atoms in total. The highest BCUT2D eigenvalue weighted by atomic mass is 16.6. The first-order valence-electron chi connectivity index (χ1n) is 17.1. The van der Waals surface area contributed by atoms with Crippen LogP contribution in [0.2, 0.25) is 0 Å². The number of benzene rings is 1. The van der Waals surface area contributed by atoms with E-state index in [9.17, 15) is 15.2 Å². The number of nitro groups is 1. The Kier molecular flexibility index (Phi) is 24.2. The third kappa shape index (κ3) is 21.9. The van der Waals surface area contributed by atoms with Crippen LogP contribution in [-0.4, -0.2) is 10.0 Å². The van der Waals surface area contributed by atoms with Gasteiger partial charge in [0.15, 0.2) is 5.75 Å². The molecule has 0 amide bonds. The van der Waals surface area contributed by atoms with Crippen molar-refractivity contribution in [3.63, 3.8) is 0 Å². The van der Waals surface area contributed by atoms with Crippen LogP contribution in [0.1, 0.15) is 186 Å². The third-order valence-electron chi connectivity index (χ3n) is 8.31. The topological polar surface area (TPSA) is 63.4 Å². The molecule has 39 heavy (non-hydrogen) atoms. The van der Waals surface area contributed by atoms with Crippen LogP contribution in [0.4, 0.5) is 5.69 Å². The quantitative estimate of drug-likeness (QED) is 0.0618. The summed E-state index contributed by atoms with van der Waals surface area (Å²) in [5.74, 6) is -0.246. The van der Waals surface area contributed by atoms with Crippen LogP contribution in [0.15, 0.2) is 18.2 Å². The summed E-state index contributed by atoms with van der Waals surface area (Å²) >= 11 is 0. The van der Waals surface area contributed by atoms with Gasteiger partial charge >= 0.3 is 5.69 Å². The predicted octanol–water partition coefficient (Wildman–Crippen LogP) is 12.4. The lowest BCUT2D eigenvalue weighted by Crippen LogP contribution is -1.92. The highest BCUT2D eigenvalue weighted by Crippen LogP contribution is 2.27. The number of rotatable bonds is 29. The molecule has 0 aliphatic carbocycles. The lowest BCUT2D eigenvalue weighted by Gasteiger charge is -2.05. The molecule has 0 fully saturated rings. The van der Waals surface area contributed by atoms with Crippen LogP contribution in [0.25, 0.3) is 0 Å². The second-order valence-electron chi connectivity index (χ2n) is 12.0. The molecule has 1 aromatic rings. The predicted molar refractivity (Wildman–Crippen MR) is 169 cm³/mol. The van der Waals surface area contributed by atoms with E-state index < -0.39 is 4.92 Å². The average Bonchev–Trinajstić information content (AvgIpc) is 2.93. The van der Waals surface area contributed by atoms with Crippen molar-refractivity contribution in [2.75, 3.05) is 0 Å². The lowest BCUT2D eigenvalue weighted by atomic mass is 10.0. The molecular formula is C35H63NO3. The Morgan fingerprint density at radius 1 is 0.538 bits per heavy atom. The lowest BCUT2D eigenvalue weighted by molar-refractivity contribution is -0.385. The molecule has 0 heterocycles. The molecule has 0 bridgehead atoms. The van der Waals surface area contributed by atoms with Crippen LogP contribution in [0.3, 0.4) is 0 Å². The number of aryl methyl sites for hydroxylation is 1. The fourth-order valence-electron chi connectivity index (χ4n) is 5.69. The molecule has 1 N–H and O–H groups in total. The second kappa shape index (κ2) is 26.6. The number of hydrogen-bond donors (Lipinski definition) is 1. The maximum Gasteiger partial charge on any atom is 0.310 e. The summed E-state index contributed by atoms with van der Waals surface area (Å²) in [5, 5.41) is 20.5. The van der Waals surface area contributed by atoms with E-state index in [1.807, 2.05) is 0 Å². The molecule has 0 spiro atoms. The first-order chi connectivity index (χ1) is 19.1. The van der Waals surface area contributed by atoms with Crippen molar-refractivity contribution < 1.29 is 10.0 Å². The summed E-state index contributed by atoms with van der Waals surface area (Å²) in [6.45, 7) is 2.29. The van der Waals surface area contributed by atoms with Gasteiger partial charge in [-0.15, -0.1) is 0 Å². The molecule has 0 saturated carbocycles. The number of unbranched alkanes of at least 4 members (excludes halogenated alkanes) is 26. The van der Waals surface area contributed by atoms with Crippen molar-refractivity contribution in [1.82, 2.24) is 0 Å². The van der Waals surface area contributed by atoms with E-state index in [0.29, 0.717) is 0 Å². The minimum atomic E-state index is -0.514. The molecule has 1 rings (SSSR count). The Hall–Kier alpha value is -1.58. The number of hydrogen-bond acceptors (Lipinski definition) is 3. The van der Waals surface area contributed by atoms with Crippen molar-refractivity contribution >= 4 is 5.69 Å². The molecule has 1 aromatic carbocycles. The third-order valence-corrected chi connectivity index (χ3v) is 8.31. The van der Waals surface area contributed by atoms with Gasteiger partial charge in [0.05, 0.1) is 4.92 Å². The maximum absolute atomic E-state index is 10.9. The maximum atomic E-state index is 10.9. The standard InChI is InChI=1S/C35H63NO3/c1-2-3-4-5-6-7-8-9-10-11-12-13-14-15-16-17-18-19-20-21-22-23-24-25-26-27-28-29-33-30-31-35(37)34(32-33)36(38)39/h30-32,37H,2-29H2,1H3. The molecule has 0 saturated heterocycles. The molecule has 226 valence electrons. The molecule has 0 aliphatic heterocycles. The largest absolute Gasteiger partial charge is 0.502 e. The molecule has 0 unspecified atom stereocenters. The Morgan fingerprint density at radius 3 is 1.15 bits per heavy atom. The Morgan fingerprint density at radius 2 is 0.846 bits per heavy atom. The van der Waals surface area contributed by atoms with E-state index in [1.165, 1.54) is 179 Å². The number of phenolic OH excluding ortho intramolecular Hbond substituents is 1. The monoisotopic (exact) mass is 545 g/mol. The van der Waals surface area contributed by atoms with Crippen LogP contribution in [-0.2, 0) is 6.42 Å². The number of aromatic hydroxyl groups is 1. The summed E-state index contributed by atoms with van der Waals surface area (Å²) in [4.78, 5) is 10.4. The van der Waals surface area contributed by atoms with Gasteiger partial charge in [0, 0.05) is 6.07 Å². The number of phenols is 1. The van der Waals surface area contributed by atoms with Gasteiger partial charge in [0.1, 0.15) is 0 Å². The fourth-order valence-corrected chi connectivity index (χ4v) is 5.69. The first kappa shape index (κ1) is 35.4. The van der Waals surface area contributed by atoms with Crippen molar-refractivity contribution in [2.24, 2.45) is 0 Å². The smallest absolute Gasteiger partial charge is 0.310 e. The van der Waals surface area contributed by atoms with E-state index in [0.717, 1.165) is 18.4 Å². The zero-order valence-corrected chi connectivity index (χ0v) is 25.7. The van der Waals surface area contributed by atoms with Gasteiger partial charge in [-0.25, -0.2) is 0 Å². The molecule has 0 aromatic heterocycles. The highest BCUT2D eigenvalue weighted by Gasteiger charge is 2.13. The first-order valence-corrected chi connectivity index (χ1v) is 17.1. The normalized spacial score (nSPS) is 11.3. The molecule has 4 heteroatoms. The van der Waals surface area contributed by atoms with E-state index in [1.54, 1.807) is 6.07 Å². The van der Waals surface area contributed by atoms with Gasteiger partial charge in [-0.05, 0) is 24.5 Å². The minimum Gasteiger partial charge on any atom is -0.502 e. The summed E-state index contributed by atoms with van der Waals surface area (Å²) in [6.07, 6.45) is 38.6. The van der Waals surface area contributed by atoms with E-state index in [2.05, 4.69) is 6.92 Å². The van der Waals surface area contributed by atoms with Crippen molar-refractivity contribution in [2.45, 2.75) is 187 Å². The Labute approximate surface area is 241 Å². The molecule has 0 atom stereocenters. The van der Waals surface area contributed by atoms with Crippen molar-refractivity contribution in [1.29, 1.82) is 0 Å². The molecular weight excluding hydrogens is 482 g/mol. The van der Waals surface area contributed by atoms with Gasteiger partial charge in [-0.1, -0.05) is 180 Å². The summed E-state index contributed by atoms with van der Waals surface area (Å²) in [7, 11) is 0. The highest BCUT2D eigenvalue weighted by molar-refractivity contribution is 5.47. The Bertz CT molecular complexity index is 690. The molecule has 0 radical (unpaired) electrons. The zero-order valence-electron chi connectivity index (χ0n) is 25.7. The Balaban J connectivity index is 1.72. The van der Waals surface area contributed by atoms with Crippen molar-refractivity contribution in [3.05, 3.63) is 33.9 Å². The summed E-state index contributed by atoms with van der Waals surface area (Å²) in [5.41, 5.74) is 0.761. The summed E-state index contributed by atoms with van der Waals surface area (Å²) < 4.78 is 0. The van der Waals surface area contributed by atoms with Gasteiger partial charge in [0.25, 0.3) is 0 Å². The minimum absolute atomic E-state index is 0.183.